The first-order chi connectivity index (χ1) is 14.3. The van der Waals surface area contributed by atoms with Crippen molar-refractivity contribution in [1.82, 2.24) is 0 Å². The Bertz CT molecular complexity index is 1130. The molecule has 5 rings (SSSR count). The van der Waals surface area contributed by atoms with Crippen LogP contribution in [0.5, 0.6) is 28.7 Å². The number of ether oxygens (including phenoxy) is 5. The Labute approximate surface area is 173 Å². The molecule has 154 valence electrons. The van der Waals surface area contributed by atoms with Crippen LogP contribution in [-0.4, -0.2) is 37.7 Å². The molecular weight excluding hydrogens is 388 g/mol. The van der Waals surface area contributed by atoms with Gasteiger partial charge in [-0.25, -0.2) is 4.79 Å². The van der Waals surface area contributed by atoms with Crippen molar-refractivity contribution in [3.8, 4) is 28.7 Å². The lowest BCUT2D eigenvalue weighted by Crippen LogP contribution is -2.47. The van der Waals surface area contributed by atoms with Crippen LogP contribution in [-0.2, 0) is 4.79 Å². The molecule has 0 aromatic heterocycles. The van der Waals surface area contributed by atoms with Gasteiger partial charge in [-0.1, -0.05) is 0 Å². The summed E-state index contributed by atoms with van der Waals surface area (Å²) in [6.45, 7) is 3.87. The van der Waals surface area contributed by atoms with E-state index in [9.17, 15) is 9.59 Å². The first kappa shape index (κ1) is 18.5. The van der Waals surface area contributed by atoms with Crippen LogP contribution in [0.3, 0.4) is 0 Å². The maximum absolute atomic E-state index is 13.5. The second-order valence-electron chi connectivity index (χ2n) is 7.94. The molecule has 0 bridgehead atoms. The van der Waals surface area contributed by atoms with E-state index in [2.05, 4.69) is 0 Å². The maximum Gasteiger partial charge on any atom is 0.353 e. The minimum atomic E-state index is -1.09. The molecular formula is C23H20O7. The van der Waals surface area contributed by atoms with Crippen LogP contribution in [0.4, 0.5) is 0 Å². The molecule has 0 saturated heterocycles. The molecule has 0 amide bonds. The van der Waals surface area contributed by atoms with E-state index in [0.717, 1.165) is 0 Å². The van der Waals surface area contributed by atoms with E-state index >= 15 is 0 Å². The highest BCUT2D eigenvalue weighted by Gasteiger charge is 2.49. The first-order valence-electron chi connectivity index (χ1n) is 9.56. The molecule has 0 fully saturated rings. The third kappa shape index (κ3) is 2.58. The predicted molar refractivity (Wildman–Crippen MR) is 107 cm³/mol. The third-order valence-electron chi connectivity index (χ3n) is 5.57. The normalized spacial score (nSPS) is 22.4. The van der Waals surface area contributed by atoms with Gasteiger partial charge in [0.2, 0.25) is 6.10 Å². The fourth-order valence-electron chi connectivity index (χ4n) is 4.11. The number of methoxy groups -OCH3 is 2. The Kier molecular flexibility index (Phi) is 3.87. The second kappa shape index (κ2) is 6.26. The summed E-state index contributed by atoms with van der Waals surface area (Å²) in [5.41, 5.74) is 1.10. The molecule has 3 aliphatic heterocycles. The number of carbonyl (C=O) groups excluding carboxylic acids is 2. The standard InChI is InChI=1S/C23H20O7/c1-23(2)8-7-11-14(30-23)6-5-12-19(24)18-13-9-16(26-3)17(27-4)10-15(13)28-22(25)21(18)29-20(11)12/h5-10,18,21H,1-4H3/t18-,21-/m1/s1. The number of rotatable bonds is 2. The Morgan fingerprint density at radius 1 is 1.00 bits per heavy atom. The summed E-state index contributed by atoms with van der Waals surface area (Å²) >= 11 is 0. The molecule has 2 aromatic rings. The lowest BCUT2D eigenvalue weighted by molar-refractivity contribution is -0.144. The van der Waals surface area contributed by atoms with Crippen LogP contribution in [0.25, 0.3) is 6.08 Å². The van der Waals surface area contributed by atoms with E-state index in [4.69, 9.17) is 23.7 Å². The van der Waals surface area contributed by atoms with Crippen molar-refractivity contribution in [1.29, 1.82) is 0 Å². The van der Waals surface area contributed by atoms with Crippen molar-refractivity contribution in [3.63, 3.8) is 0 Å². The number of esters is 1. The van der Waals surface area contributed by atoms with Crippen molar-refractivity contribution < 1.29 is 33.3 Å². The smallest absolute Gasteiger partial charge is 0.353 e. The molecule has 30 heavy (non-hydrogen) atoms. The average Bonchev–Trinajstić information content (AvgIpc) is 2.72. The van der Waals surface area contributed by atoms with Crippen molar-refractivity contribution in [2.24, 2.45) is 0 Å². The van der Waals surface area contributed by atoms with Crippen LogP contribution in [0, 0.1) is 0 Å². The molecule has 0 aliphatic carbocycles. The van der Waals surface area contributed by atoms with Gasteiger partial charge in [0.25, 0.3) is 0 Å². The zero-order valence-corrected chi connectivity index (χ0v) is 17.0. The summed E-state index contributed by atoms with van der Waals surface area (Å²) in [7, 11) is 2.99. The summed E-state index contributed by atoms with van der Waals surface area (Å²) in [6, 6.07) is 6.66. The van der Waals surface area contributed by atoms with E-state index < -0.39 is 23.6 Å². The molecule has 0 N–H and O–H groups in total. The highest BCUT2D eigenvalue weighted by molar-refractivity contribution is 6.10. The van der Waals surface area contributed by atoms with Crippen LogP contribution in [0.15, 0.2) is 30.3 Å². The zero-order valence-electron chi connectivity index (χ0n) is 17.0. The van der Waals surface area contributed by atoms with Crippen molar-refractivity contribution in [3.05, 3.63) is 47.0 Å². The molecule has 0 unspecified atom stereocenters. The number of benzene rings is 2. The van der Waals surface area contributed by atoms with E-state index in [0.29, 0.717) is 39.7 Å². The third-order valence-corrected chi connectivity index (χ3v) is 5.57. The summed E-state index contributed by atoms with van der Waals surface area (Å²) < 4.78 is 28.2. The Morgan fingerprint density at radius 2 is 1.73 bits per heavy atom. The van der Waals surface area contributed by atoms with Crippen molar-refractivity contribution in [2.45, 2.75) is 31.5 Å². The predicted octanol–water partition coefficient (Wildman–Crippen LogP) is 3.53. The van der Waals surface area contributed by atoms with Gasteiger partial charge in [0.05, 0.1) is 31.3 Å². The largest absolute Gasteiger partial charge is 0.493 e. The van der Waals surface area contributed by atoms with E-state index in [1.54, 1.807) is 24.3 Å². The lowest BCUT2D eigenvalue weighted by Gasteiger charge is -2.37. The van der Waals surface area contributed by atoms with E-state index in [-0.39, 0.29) is 11.5 Å². The molecule has 2 aromatic carbocycles. The molecule has 0 saturated carbocycles. The van der Waals surface area contributed by atoms with E-state index in [1.165, 1.54) is 14.2 Å². The van der Waals surface area contributed by atoms with Gasteiger partial charge in [-0.3, -0.25) is 4.79 Å². The Hall–Kier alpha value is -3.48. The number of ketones is 1. The van der Waals surface area contributed by atoms with Crippen LogP contribution in [0.2, 0.25) is 0 Å². The number of Topliss-reactive ketones (excluding diaryl/α,β-unsaturated/α-hetero) is 1. The maximum atomic E-state index is 13.5. The molecule has 3 aliphatic rings. The van der Waals surface area contributed by atoms with Gasteiger partial charge < -0.3 is 23.7 Å². The molecule has 2 atom stereocenters. The summed E-state index contributed by atoms with van der Waals surface area (Å²) in [5, 5.41) is 0. The zero-order chi connectivity index (χ0) is 21.2. The molecule has 0 spiro atoms. The topological polar surface area (TPSA) is 80.3 Å². The molecule has 0 radical (unpaired) electrons. The SMILES string of the molecule is COc1cc2c(cc1OC)[C@@H]1C(=O)c3ccc4c(c3O[C@H]1C(=O)O2)C=CC(C)(C)O4. The van der Waals surface area contributed by atoms with Gasteiger partial charge in [-0.2, -0.15) is 0 Å². The summed E-state index contributed by atoms with van der Waals surface area (Å²) in [5.74, 6) is 0.375. The van der Waals surface area contributed by atoms with E-state index in [1.807, 2.05) is 26.0 Å². The van der Waals surface area contributed by atoms with Crippen LogP contribution < -0.4 is 23.7 Å². The van der Waals surface area contributed by atoms with Crippen LogP contribution >= 0.6 is 0 Å². The number of fused-ring (bicyclic) bond motifs is 6. The van der Waals surface area contributed by atoms with Gasteiger partial charge in [0.1, 0.15) is 22.8 Å². The fourth-order valence-corrected chi connectivity index (χ4v) is 4.11. The monoisotopic (exact) mass is 408 g/mol. The second-order valence-corrected chi connectivity index (χ2v) is 7.94. The Balaban J connectivity index is 1.65. The average molecular weight is 408 g/mol. The van der Waals surface area contributed by atoms with Crippen LogP contribution in [0.1, 0.15) is 41.3 Å². The van der Waals surface area contributed by atoms with Gasteiger partial charge in [-0.15, -0.1) is 0 Å². The summed E-state index contributed by atoms with van der Waals surface area (Å²) in [6.07, 6.45) is 2.66. The Morgan fingerprint density at radius 3 is 2.47 bits per heavy atom. The minimum absolute atomic E-state index is 0.215. The molecule has 3 heterocycles. The number of hydrogen-bond acceptors (Lipinski definition) is 7. The minimum Gasteiger partial charge on any atom is -0.493 e. The van der Waals surface area contributed by atoms with Crippen molar-refractivity contribution in [2.75, 3.05) is 14.2 Å². The fraction of sp³-hybridized carbons (Fsp3) is 0.304. The highest BCUT2D eigenvalue weighted by atomic mass is 16.6. The molecule has 7 heteroatoms. The van der Waals surface area contributed by atoms with Gasteiger partial charge in [0, 0.05) is 11.6 Å². The van der Waals surface area contributed by atoms with Crippen molar-refractivity contribution >= 4 is 17.8 Å². The highest BCUT2D eigenvalue weighted by Crippen LogP contribution is 2.49. The molecule has 7 nitrogen and oxygen atoms in total. The van der Waals surface area contributed by atoms with Gasteiger partial charge in [0.15, 0.2) is 17.3 Å². The van der Waals surface area contributed by atoms with Gasteiger partial charge in [-0.05, 0) is 44.2 Å². The quantitative estimate of drug-likeness (QED) is 0.555. The number of hydrogen-bond donors (Lipinski definition) is 0. The first-order valence-corrected chi connectivity index (χ1v) is 9.56. The van der Waals surface area contributed by atoms with Gasteiger partial charge >= 0.3 is 5.97 Å². The summed E-state index contributed by atoms with van der Waals surface area (Å²) in [4.78, 5) is 26.3. The number of carbonyl (C=O) groups is 2. The lowest BCUT2D eigenvalue weighted by atomic mass is 9.80.